The van der Waals surface area contributed by atoms with Crippen LogP contribution in [0.4, 0.5) is 5.82 Å². The Kier molecular flexibility index (Phi) is 5.36. The van der Waals surface area contributed by atoms with Crippen LogP contribution >= 0.6 is 11.3 Å². The lowest BCUT2D eigenvalue weighted by Gasteiger charge is -2.08. The van der Waals surface area contributed by atoms with Gasteiger partial charge in [0.05, 0.1) is 24.2 Å². The highest BCUT2D eigenvalue weighted by Crippen LogP contribution is 2.35. The molecule has 0 spiro atoms. The molecule has 1 aromatic carbocycles. The minimum absolute atomic E-state index is 0.651. The fourth-order valence-corrected chi connectivity index (χ4v) is 4.30. The second kappa shape index (κ2) is 8.08. The predicted octanol–water partition coefficient (Wildman–Crippen LogP) is 4.43. The number of nitrogens with zero attached hydrogens (tertiary/aromatic N) is 4. The van der Waals surface area contributed by atoms with E-state index in [9.17, 15) is 0 Å². The van der Waals surface area contributed by atoms with E-state index in [1.165, 1.54) is 16.0 Å². The number of thiophene rings is 1. The molecule has 0 aliphatic carbocycles. The molecule has 4 aromatic rings. The van der Waals surface area contributed by atoms with Crippen LogP contribution in [0.1, 0.15) is 17.0 Å². The van der Waals surface area contributed by atoms with Crippen LogP contribution in [-0.4, -0.2) is 33.5 Å². The van der Waals surface area contributed by atoms with E-state index in [1.54, 1.807) is 24.8 Å². The number of rotatable bonds is 7. The van der Waals surface area contributed by atoms with Crippen molar-refractivity contribution in [1.29, 1.82) is 0 Å². The highest BCUT2D eigenvalue weighted by molar-refractivity contribution is 7.21. The molecule has 0 radical (unpaired) electrons. The molecule has 144 valence electrons. The molecule has 0 saturated carbocycles. The van der Waals surface area contributed by atoms with E-state index < -0.39 is 0 Å². The second-order valence-corrected chi connectivity index (χ2v) is 7.67. The van der Waals surface area contributed by atoms with Crippen molar-refractivity contribution < 1.29 is 4.74 Å². The Morgan fingerprint density at radius 2 is 1.96 bits per heavy atom. The lowest BCUT2D eigenvalue weighted by Crippen LogP contribution is -2.08. The third-order valence-corrected chi connectivity index (χ3v) is 5.95. The van der Waals surface area contributed by atoms with Crippen molar-refractivity contribution in [2.45, 2.75) is 26.9 Å². The zero-order valence-corrected chi connectivity index (χ0v) is 17.1. The number of aryl methyl sites for hydroxylation is 1. The van der Waals surface area contributed by atoms with Gasteiger partial charge >= 0.3 is 0 Å². The van der Waals surface area contributed by atoms with E-state index in [0.29, 0.717) is 13.2 Å². The first-order chi connectivity index (χ1) is 13.7. The van der Waals surface area contributed by atoms with E-state index in [2.05, 4.69) is 57.6 Å². The Morgan fingerprint density at radius 3 is 2.75 bits per heavy atom. The van der Waals surface area contributed by atoms with Crippen LogP contribution in [0.2, 0.25) is 0 Å². The molecule has 28 heavy (non-hydrogen) atoms. The Bertz CT molecular complexity index is 1090. The van der Waals surface area contributed by atoms with Crippen molar-refractivity contribution in [2.24, 2.45) is 0 Å². The van der Waals surface area contributed by atoms with Crippen LogP contribution in [0.3, 0.4) is 0 Å². The van der Waals surface area contributed by atoms with E-state index in [4.69, 9.17) is 4.74 Å². The van der Waals surface area contributed by atoms with Crippen LogP contribution in [-0.2, 0) is 17.8 Å². The van der Waals surface area contributed by atoms with Crippen molar-refractivity contribution in [3.05, 3.63) is 59.7 Å². The van der Waals surface area contributed by atoms with Crippen molar-refractivity contribution in [1.82, 2.24) is 19.7 Å². The van der Waals surface area contributed by atoms with Gasteiger partial charge in [-0.05, 0) is 25.5 Å². The third kappa shape index (κ3) is 3.63. The topological polar surface area (TPSA) is 64.9 Å². The van der Waals surface area contributed by atoms with Gasteiger partial charge in [-0.25, -0.2) is 9.97 Å². The smallest absolute Gasteiger partial charge is 0.138 e. The number of hydrogen-bond acceptors (Lipinski definition) is 6. The van der Waals surface area contributed by atoms with Crippen LogP contribution in [0.5, 0.6) is 0 Å². The molecular weight excluding hydrogens is 370 g/mol. The van der Waals surface area contributed by atoms with Gasteiger partial charge < -0.3 is 10.1 Å². The minimum atomic E-state index is 0.651. The number of hydrogen-bond donors (Lipinski definition) is 1. The fourth-order valence-electron chi connectivity index (χ4n) is 3.30. The summed E-state index contributed by atoms with van der Waals surface area (Å²) < 4.78 is 7.18. The normalized spacial score (nSPS) is 11.2. The monoisotopic (exact) mass is 393 g/mol. The molecule has 4 rings (SSSR count). The molecule has 0 saturated heterocycles. The van der Waals surface area contributed by atoms with Crippen molar-refractivity contribution in [3.8, 4) is 10.4 Å². The predicted molar refractivity (Wildman–Crippen MR) is 114 cm³/mol. The van der Waals surface area contributed by atoms with Crippen LogP contribution in [0.15, 0.2) is 42.7 Å². The number of aromatic nitrogens is 4. The molecule has 0 aliphatic rings. The summed E-state index contributed by atoms with van der Waals surface area (Å²) >= 11 is 1.68. The van der Waals surface area contributed by atoms with E-state index >= 15 is 0 Å². The number of anilines is 1. The zero-order valence-electron chi connectivity index (χ0n) is 16.3. The zero-order chi connectivity index (χ0) is 19.5. The molecule has 0 bridgehead atoms. The first kappa shape index (κ1) is 18.6. The molecule has 6 nitrogen and oxygen atoms in total. The number of nitrogens with one attached hydrogen (secondary N) is 1. The van der Waals surface area contributed by atoms with Gasteiger partial charge in [-0.3, -0.25) is 4.68 Å². The van der Waals surface area contributed by atoms with Gasteiger partial charge in [-0.2, -0.15) is 5.10 Å². The van der Waals surface area contributed by atoms with Crippen molar-refractivity contribution in [2.75, 3.05) is 19.0 Å². The molecular formula is C21H23N5OS. The maximum absolute atomic E-state index is 5.17. The Hall–Kier alpha value is -2.77. The molecule has 7 heteroatoms. The summed E-state index contributed by atoms with van der Waals surface area (Å²) in [5.41, 5.74) is 4.58. The molecule has 1 N–H and O–H groups in total. The highest BCUT2D eigenvalue weighted by Gasteiger charge is 2.14. The number of benzene rings is 1. The lowest BCUT2D eigenvalue weighted by atomic mass is 10.2. The number of ether oxygens (including phenoxy) is 1. The van der Waals surface area contributed by atoms with Gasteiger partial charge in [0.15, 0.2) is 0 Å². The molecule has 3 heterocycles. The summed E-state index contributed by atoms with van der Waals surface area (Å²) in [6, 6.07) is 12.5. The Morgan fingerprint density at radius 1 is 1.14 bits per heavy atom. The second-order valence-electron chi connectivity index (χ2n) is 6.64. The summed E-state index contributed by atoms with van der Waals surface area (Å²) in [6.07, 6.45) is 1.62. The SMILES string of the molecule is COCCn1nc(C)c(CNc2ncnc3sc(-c4ccccc4)cc23)c1C. The number of fused-ring (bicyclic) bond motifs is 1. The van der Waals surface area contributed by atoms with Crippen LogP contribution in [0, 0.1) is 13.8 Å². The Labute approximate surface area is 168 Å². The maximum Gasteiger partial charge on any atom is 0.138 e. The summed E-state index contributed by atoms with van der Waals surface area (Å²) in [7, 11) is 1.71. The molecule has 0 aliphatic heterocycles. The van der Waals surface area contributed by atoms with E-state index in [0.717, 1.165) is 34.0 Å². The standard InChI is InChI=1S/C21H23N5OS/c1-14-18(15(2)26(25-14)9-10-27-3)12-22-20-17-11-19(16-7-5-4-6-8-16)28-21(17)24-13-23-20/h4-8,11,13H,9-10,12H2,1-3H3,(H,22,23,24). The summed E-state index contributed by atoms with van der Waals surface area (Å²) in [4.78, 5) is 11.1. The first-order valence-corrected chi connectivity index (χ1v) is 10.0. The summed E-state index contributed by atoms with van der Waals surface area (Å²) in [5, 5.41) is 9.17. The number of methoxy groups -OCH3 is 1. The quantitative estimate of drug-likeness (QED) is 0.503. The average molecular weight is 394 g/mol. The van der Waals surface area contributed by atoms with Gasteiger partial charge in [0, 0.05) is 29.8 Å². The third-order valence-electron chi connectivity index (χ3n) is 4.86. The van der Waals surface area contributed by atoms with Crippen LogP contribution < -0.4 is 5.32 Å². The van der Waals surface area contributed by atoms with Gasteiger partial charge in [-0.1, -0.05) is 30.3 Å². The molecule has 0 unspecified atom stereocenters. The molecule has 0 fully saturated rings. The van der Waals surface area contributed by atoms with Crippen molar-refractivity contribution in [3.63, 3.8) is 0 Å². The molecule has 0 atom stereocenters. The first-order valence-electron chi connectivity index (χ1n) is 9.23. The molecule has 0 amide bonds. The lowest BCUT2D eigenvalue weighted by molar-refractivity contribution is 0.182. The van der Waals surface area contributed by atoms with E-state index in [1.807, 2.05) is 17.7 Å². The molecule has 3 aromatic heterocycles. The van der Waals surface area contributed by atoms with Gasteiger partial charge in [0.2, 0.25) is 0 Å². The largest absolute Gasteiger partial charge is 0.383 e. The highest BCUT2D eigenvalue weighted by atomic mass is 32.1. The Balaban J connectivity index is 1.59. The van der Waals surface area contributed by atoms with Gasteiger partial charge in [-0.15, -0.1) is 11.3 Å². The van der Waals surface area contributed by atoms with Crippen molar-refractivity contribution >= 4 is 27.4 Å². The fraction of sp³-hybridized carbons (Fsp3) is 0.286. The minimum Gasteiger partial charge on any atom is -0.383 e. The van der Waals surface area contributed by atoms with Gasteiger partial charge in [0.25, 0.3) is 0 Å². The summed E-state index contributed by atoms with van der Waals surface area (Å²) in [6.45, 7) is 6.22. The maximum atomic E-state index is 5.17. The summed E-state index contributed by atoms with van der Waals surface area (Å²) in [5.74, 6) is 0.854. The van der Waals surface area contributed by atoms with Crippen LogP contribution in [0.25, 0.3) is 20.7 Å². The van der Waals surface area contributed by atoms with E-state index in [-0.39, 0.29) is 0 Å². The van der Waals surface area contributed by atoms with Gasteiger partial charge in [0.1, 0.15) is 17.0 Å². The average Bonchev–Trinajstić information content (AvgIpc) is 3.27.